The summed E-state index contributed by atoms with van der Waals surface area (Å²) < 4.78 is 27.7. The fourth-order valence-electron chi connectivity index (χ4n) is 4.64. The highest BCUT2D eigenvalue weighted by Crippen LogP contribution is 2.34. The molecule has 5 rings (SSSR count). The molecule has 0 unspecified atom stereocenters. The Morgan fingerprint density at radius 1 is 1.03 bits per heavy atom. The number of rotatable bonds is 6. The third-order valence-corrected chi connectivity index (χ3v) is 7.53. The van der Waals surface area contributed by atoms with E-state index >= 15 is 0 Å². The molecule has 2 aromatic heterocycles. The van der Waals surface area contributed by atoms with E-state index in [9.17, 15) is 8.42 Å². The van der Waals surface area contributed by atoms with Crippen LogP contribution in [0.3, 0.4) is 0 Å². The zero-order valence-electron chi connectivity index (χ0n) is 19.0. The molecule has 7 nitrogen and oxygen atoms in total. The molecule has 3 heterocycles. The second-order valence-electron chi connectivity index (χ2n) is 8.67. The van der Waals surface area contributed by atoms with Crippen molar-refractivity contribution in [2.75, 3.05) is 17.7 Å². The van der Waals surface area contributed by atoms with E-state index in [-0.39, 0.29) is 6.04 Å². The molecule has 0 aliphatic carbocycles. The molecular formula is C26H27N5O2S. The number of hydrogen-bond acceptors (Lipinski definition) is 5. The van der Waals surface area contributed by atoms with Crippen LogP contribution < -0.4 is 4.90 Å². The molecule has 8 heteroatoms. The Morgan fingerprint density at radius 2 is 1.82 bits per heavy atom. The number of fused-ring (bicyclic) bond motifs is 1. The molecule has 2 aromatic carbocycles. The Labute approximate surface area is 200 Å². The number of H-pyrrole nitrogens is 1. The summed E-state index contributed by atoms with van der Waals surface area (Å²) in [5.74, 6) is 0. The fraction of sp³-hybridized carbons (Fsp3) is 0.231. The molecule has 0 radical (unpaired) electrons. The van der Waals surface area contributed by atoms with Gasteiger partial charge in [0.05, 0.1) is 24.8 Å². The van der Waals surface area contributed by atoms with E-state index in [1.807, 2.05) is 36.5 Å². The lowest BCUT2D eigenvalue weighted by molar-refractivity contribution is 0.320. The highest BCUT2D eigenvalue weighted by Gasteiger charge is 2.33. The Bertz CT molecular complexity index is 1340. The highest BCUT2D eigenvalue weighted by atomic mass is 32.2. The van der Waals surface area contributed by atoms with E-state index in [0.29, 0.717) is 26.1 Å². The van der Waals surface area contributed by atoms with Gasteiger partial charge in [0.25, 0.3) is 0 Å². The van der Waals surface area contributed by atoms with Crippen molar-refractivity contribution in [2.45, 2.75) is 25.6 Å². The monoisotopic (exact) mass is 473 g/mol. The van der Waals surface area contributed by atoms with E-state index < -0.39 is 10.0 Å². The summed E-state index contributed by atoms with van der Waals surface area (Å²) in [5.41, 5.74) is 6.17. The van der Waals surface area contributed by atoms with Crippen LogP contribution in [-0.4, -0.2) is 46.5 Å². The van der Waals surface area contributed by atoms with Gasteiger partial charge in [-0.1, -0.05) is 36.4 Å². The first kappa shape index (κ1) is 22.3. The smallest absolute Gasteiger partial charge is 0.211 e. The molecule has 0 bridgehead atoms. The number of aromatic amines is 1. The number of sulfonamides is 1. The summed E-state index contributed by atoms with van der Waals surface area (Å²) in [6, 6.07) is 20.2. The van der Waals surface area contributed by atoms with Crippen LogP contribution in [0.1, 0.15) is 16.8 Å². The average Bonchev–Trinajstić information content (AvgIpc) is 3.30. The first-order valence-corrected chi connectivity index (χ1v) is 13.1. The lowest BCUT2D eigenvalue weighted by atomic mass is 10.0. The van der Waals surface area contributed by atoms with E-state index in [2.05, 4.69) is 50.2 Å². The third kappa shape index (κ3) is 4.88. The van der Waals surface area contributed by atoms with Crippen molar-refractivity contribution >= 4 is 15.7 Å². The molecule has 1 N–H and O–H groups in total. The number of anilines is 1. The Kier molecular flexibility index (Phi) is 6.17. The SMILES string of the molecule is CS(=O)(=O)N1Cc2cc(-c3ccccc3)ccc2N(Cc2c[nH]cn2)C[C@H]1Cc1ccncc1. The van der Waals surface area contributed by atoms with Gasteiger partial charge in [0, 0.05) is 43.4 Å². The molecule has 0 amide bonds. The van der Waals surface area contributed by atoms with Crippen LogP contribution in [0, 0.1) is 0 Å². The van der Waals surface area contributed by atoms with Crippen LogP contribution in [0.15, 0.2) is 85.6 Å². The molecular weight excluding hydrogens is 446 g/mol. The second kappa shape index (κ2) is 9.40. The normalized spacial score (nSPS) is 16.7. The van der Waals surface area contributed by atoms with Crippen molar-refractivity contribution in [1.29, 1.82) is 0 Å². The summed E-state index contributed by atoms with van der Waals surface area (Å²) in [4.78, 5) is 13.8. The van der Waals surface area contributed by atoms with Gasteiger partial charge in [-0.2, -0.15) is 4.31 Å². The van der Waals surface area contributed by atoms with Gasteiger partial charge in [-0.05, 0) is 52.9 Å². The topological polar surface area (TPSA) is 82.2 Å². The minimum Gasteiger partial charge on any atom is -0.364 e. The molecule has 0 saturated carbocycles. The minimum atomic E-state index is -3.45. The van der Waals surface area contributed by atoms with Crippen LogP contribution in [0.4, 0.5) is 5.69 Å². The van der Waals surface area contributed by atoms with Gasteiger partial charge in [-0.3, -0.25) is 4.98 Å². The highest BCUT2D eigenvalue weighted by molar-refractivity contribution is 7.88. The first-order valence-electron chi connectivity index (χ1n) is 11.2. The van der Waals surface area contributed by atoms with E-state index in [4.69, 9.17) is 0 Å². The van der Waals surface area contributed by atoms with Gasteiger partial charge >= 0.3 is 0 Å². The zero-order valence-corrected chi connectivity index (χ0v) is 19.8. The van der Waals surface area contributed by atoms with Crippen molar-refractivity contribution in [1.82, 2.24) is 19.3 Å². The number of benzene rings is 2. The van der Waals surface area contributed by atoms with Gasteiger partial charge in [0.2, 0.25) is 10.0 Å². The van der Waals surface area contributed by atoms with Gasteiger partial charge in [0.15, 0.2) is 0 Å². The zero-order chi connectivity index (χ0) is 23.5. The summed E-state index contributed by atoms with van der Waals surface area (Å²) >= 11 is 0. The molecule has 0 spiro atoms. The molecule has 34 heavy (non-hydrogen) atoms. The van der Waals surface area contributed by atoms with Crippen molar-refractivity contribution in [3.63, 3.8) is 0 Å². The Morgan fingerprint density at radius 3 is 2.53 bits per heavy atom. The number of pyridine rings is 1. The third-order valence-electron chi connectivity index (χ3n) is 6.25. The lowest BCUT2D eigenvalue weighted by Gasteiger charge is -2.31. The predicted molar refractivity (Wildman–Crippen MR) is 134 cm³/mol. The second-order valence-corrected chi connectivity index (χ2v) is 10.6. The van der Waals surface area contributed by atoms with Crippen molar-refractivity contribution in [2.24, 2.45) is 0 Å². The first-order chi connectivity index (χ1) is 16.5. The number of nitrogens with zero attached hydrogens (tertiary/aromatic N) is 4. The summed E-state index contributed by atoms with van der Waals surface area (Å²) in [5, 5.41) is 0. The largest absolute Gasteiger partial charge is 0.364 e. The molecule has 1 aliphatic rings. The van der Waals surface area contributed by atoms with E-state index in [1.165, 1.54) is 6.26 Å². The maximum absolute atomic E-state index is 13.0. The van der Waals surface area contributed by atoms with Gasteiger partial charge in [-0.25, -0.2) is 13.4 Å². The maximum Gasteiger partial charge on any atom is 0.211 e. The number of imidazole rings is 1. The number of aromatic nitrogens is 3. The van der Waals surface area contributed by atoms with Crippen LogP contribution in [0.25, 0.3) is 11.1 Å². The summed E-state index contributed by atoms with van der Waals surface area (Å²) in [7, 11) is -3.45. The maximum atomic E-state index is 13.0. The molecule has 0 fully saturated rings. The molecule has 1 aliphatic heterocycles. The minimum absolute atomic E-state index is 0.232. The summed E-state index contributed by atoms with van der Waals surface area (Å²) in [6.45, 7) is 1.47. The van der Waals surface area contributed by atoms with Crippen molar-refractivity contribution in [3.05, 3.63) is 102 Å². The fourth-order valence-corrected chi connectivity index (χ4v) is 5.70. The van der Waals surface area contributed by atoms with Crippen molar-refractivity contribution in [3.8, 4) is 11.1 Å². The van der Waals surface area contributed by atoms with E-state index in [0.717, 1.165) is 33.6 Å². The predicted octanol–water partition coefficient (Wildman–Crippen LogP) is 3.86. The molecule has 4 aromatic rings. The van der Waals surface area contributed by atoms with E-state index in [1.54, 1.807) is 23.0 Å². The number of hydrogen-bond donors (Lipinski definition) is 1. The molecule has 0 saturated heterocycles. The summed E-state index contributed by atoms with van der Waals surface area (Å²) in [6.07, 6.45) is 8.96. The molecule has 1 atom stereocenters. The Hall–Kier alpha value is -3.49. The van der Waals surface area contributed by atoms with Crippen LogP contribution >= 0.6 is 0 Å². The van der Waals surface area contributed by atoms with Gasteiger partial charge in [-0.15, -0.1) is 0 Å². The quantitative estimate of drug-likeness (QED) is 0.460. The molecule has 174 valence electrons. The van der Waals surface area contributed by atoms with Crippen LogP contribution in [0.5, 0.6) is 0 Å². The van der Waals surface area contributed by atoms with Gasteiger partial charge < -0.3 is 9.88 Å². The van der Waals surface area contributed by atoms with Crippen LogP contribution in [-0.2, 0) is 29.5 Å². The average molecular weight is 474 g/mol. The lowest BCUT2D eigenvalue weighted by Crippen LogP contribution is -2.45. The van der Waals surface area contributed by atoms with Crippen molar-refractivity contribution < 1.29 is 8.42 Å². The standard InChI is InChI=1S/C26H27N5O2S/c1-34(32,33)31-16-23-14-22(21-5-3-2-4-6-21)7-8-26(23)30(17-24-15-28-19-29-24)18-25(31)13-20-9-11-27-12-10-20/h2-12,14-15,19,25H,13,16-18H2,1H3,(H,28,29)/t25-/m1/s1. The number of nitrogens with one attached hydrogen (secondary N) is 1. The van der Waals surface area contributed by atoms with Gasteiger partial charge in [0.1, 0.15) is 0 Å². The Balaban J connectivity index is 1.58. The van der Waals surface area contributed by atoms with Crippen LogP contribution in [0.2, 0.25) is 0 Å².